The molecule has 4 nitrogen and oxygen atoms in total. The molecule has 0 aliphatic rings. The first-order valence-electron chi connectivity index (χ1n) is 6.27. The Morgan fingerprint density at radius 1 is 1.26 bits per heavy atom. The highest BCUT2D eigenvalue weighted by atomic mass is 19.1. The van der Waals surface area contributed by atoms with Gasteiger partial charge in [0, 0.05) is 18.5 Å². The van der Waals surface area contributed by atoms with Crippen molar-refractivity contribution in [2.24, 2.45) is 0 Å². The van der Waals surface area contributed by atoms with Gasteiger partial charge in [0.05, 0.1) is 0 Å². The number of nitrogens with one attached hydrogen (secondary N) is 1. The van der Waals surface area contributed by atoms with Gasteiger partial charge in [-0.25, -0.2) is 4.39 Å². The third kappa shape index (κ3) is 5.07. The number of carboxylic acid groups (broad SMARTS) is 1. The van der Waals surface area contributed by atoms with Crippen LogP contribution < -0.4 is 5.32 Å². The van der Waals surface area contributed by atoms with Crippen molar-refractivity contribution in [2.75, 3.05) is 6.54 Å². The summed E-state index contributed by atoms with van der Waals surface area (Å²) in [6.45, 7) is 2.03. The molecular formula is C14H18FNO3. The van der Waals surface area contributed by atoms with Crippen LogP contribution in [0.5, 0.6) is 0 Å². The largest absolute Gasteiger partial charge is 0.481 e. The summed E-state index contributed by atoms with van der Waals surface area (Å²) < 4.78 is 13.3. The van der Waals surface area contributed by atoms with Crippen LogP contribution in [0.15, 0.2) is 18.2 Å². The maximum absolute atomic E-state index is 13.3. The van der Waals surface area contributed by atoms with E-state index in [4.69, 9.17) is 5.11 Å². The second kappa shape index (κ2) is 7.51. The smallest absolute Gasteiger partial charge is 0.303 e. The van der Waals surface area contributed by atoms with Crippen LogP contribution in [0.25, 0.3) is 0 Å². The maximum atomic E-state index is 13.3. The molecule has 0 aliphatic heterocycles. The van der Waals surface area contributed by atoms with E-state index in [1.807, 2.05) is 0 Å². The Labute approximate surface area is 111 Å². The number of unbranched alkanes of at least 4 members (excludes halogenated alkanes) is 2. The number of carboxylic acids is 1. The van der Waals surface area contributed by atoms with Crippen LogP contribution in [-0.2, 0) is 4.79 Å². The molecule has 1 rings (SSSR count). The Hall–Kier alpha value is -1.91. The zero-order valence-electron chi connectivity index (χ0n) is 10.9. The summed E-state index contributed by atoms with van der Waals surface area (Å²) in [5, 5.41) is 11.2. The summed E-state index contributed by atoms with van der Waals surface area (Å²) in [6, 6.07) is 4.40. The summed E-state index contributed by atoms with van der Waals surface area (Å²) in [4.78, 5) is 22.1. The first-order valence-corrected chi connectivity index (χ1v) is 6.27. The molecule has 0 aliphatic carbocycles. The molecule has 0 saturated heterocycles. The zero-order chi connectivity index (χ0) is 14.3. The summed E-state index contributed by atoms with van der Waals surface area (Å²) >= 11 is 0. The van der Waals surface area contributed by atoms with Gasteiger partial charge in [0.25, 0.3) is 5.91 Å². The van der Waals surface area contributed by atoms with Crippen molar-refractivity contribution in [3.63, 3.8) is 0 Å². The van der Waals surface area contributed by atoms with Crippen LogP contribution in [0, 0.1) is 12.7 Å². The minimum atomic E-state index is -0.806. The predicted molar refractivity (Wildman–Crippen MR) is 69.6 cm³/mol. The lowest BCUT2D eigenvalue weighted by molar-refractivity contribution is -0.137. The number of carbonyl (C=O) groups is 2. The van der Waals surface area contributed by atoms with E-state index < -0.39 is 11.8 Å². The van der Waals surface area contributed by atoms with Gasteiger partial charge < -0.3 is 10.4 Å². The standard InChI is InChI=1S/C14H18FNO3/c1-10-11(6-5-7-12(10)15)14(19)16-9-4-2-3-8-13(17)18/h5-7H,2-4,8-9H2,1H3,(H,16,19)(H,17,18). The molecule has 0 heterocycles. The number of halogens is 1. The van der Waals surface area contributed by atoms with Gasteiger partial charge in [-0.05, 0) is 37.5 Å². The number of hydrogen-bond acceptors (Lipinski definition) is 2. The van der Waals surface area contributed by atoms with E-state index >= 15 is 0 Å². The summed E-state index contributed by atoms with van der Waals surface area (Å²) in [5.74, 6) is -1.50. The van der Waals surface area contributed by atoms with E-state index in [9.17, 15) is 14.0 Å². The van der Waals surface area contributed by atoms with Crippen molar-refractivity contribution >= 4 is 11.9 Å². The lowest BCUT2D eigenvalue weighted by atomic mass is 10.1. The average Bonchev–Trinajstić information content (AvgIpc) is 2.36. The Morgan fingerprint density at radius 3 is 2.68 bits per heavy atom. The molecule has 5 heteroatoms. The molecule has 0 unspecified atom stereocenters. The quantitative estimate of drug-likeness (QED) is 0.746. The third-order valence-electron chi connectivity index (χ3n) is 2.87. The van der Waals surface area contributed by atoms with Gasteiger partial charge >= 0.3 is 5.97 Å². The second-order valence-electron chi connectivity index (χ2n) is 4.37. The van der Waals surface area contributed by atoms with Gasteiger partial charge in [0.15, 0.2) is 0 Å². The van der Waals surface area contributed by atoms with Crippen molar-refractivity contribution in [3.05, 3.63) is 35.1 Å². The van der Waals surface area contributed by atoms with Gasteiger partial charge in [-0.15, -0.1) is 0 Å². The molecule has 0 radical (unpaired) electrons. The van der Waals surface area contributed by atoms with Crippen LogP contribution in [0.3, 0.4) is 0 Å². The van der Waals surface area contributed by atoms with Gasteiger partial charge in [-0.3, -0.25) is 9.59 Å². The van der Waals surface area contributed by atoms with Crippen LogP contribution in [0.2, 0.25) is 0 Å². The molecule has 104 valence electrons. The van der Waals surface area contributed by atoms with Crippen LogP contribution >= 0.6 is 0 Å². The van der Waals surface area contributed by atoms with Crippen molar-refractivity contribution in [3.8, 4) is 0 Å². The fourth-order valence-electron chi connectivity index (χ4n) is 1.73. The maximum Gasteiger partial charge on any atom is 0.303 e. The van der Waals surface area contributed by atoms with Crippen LogP contribution in [0.4, 0.5) is 4.39 Å². The fraction of sp³-hybridized carbons (Fsp3) is 0.429. The van der Waals surface area contributed by atoms with Crippen molar-refractivity contribution in [1.29, 1.82) is 0 Å². The molecule has 0 saturated carbocycles. The topological polar surface area (TPSA) is 66.4 Å². The molecule has 0 fully saturated rings. The number of rotatable bonds is 7. The normalized spacial score (nSPS) is 10.2. The van der Waals surface area contributed by atoms with Gasteiger partial charge in [0.1, 0.15) is 5.82 Å². The highest BCUT2D eigenvalue weighted by Gasteiger charge is 2.10. The van der Waals surface area contributed by atoms with Crippen LogP contribution in [0.1, 0.15) is 41.6 Å². The lowest BCUT2D eigenvalue weighted by Crippen LogP contribution is -2.25. The molecule has 2 N–H and O–H groups in total. The number of hydrogen-bond donors (Lipinski definition) is 2. The van der Waals surface area contributed by atoms with E-state index in [-0.39, 0.29) is 12.3 Å². The third-order valence-corrected chi connectivity index (χ3v) is 2.87. The summed E-state index contributed by atoms with van der Waals surface area (Å²) in [6.07, 6.45) is 2.21. The monoisotopic (exact) mass is 267 g/mol. The lowest BCUT2D eigenvalue weighted by Gasteiger charge is -2.08. The van der Waals surface area contributed by atoms with Gasteiger partial charge in [-0.2, -0.15) is 0 Å². The zero-order valence-corrected chi connectivity index (χ0v) is 10.9. The number of aliphatic carboxylic acids is 1. The van der Waals surface area contributed by atoms with E-state index in [1.165, 1.54) is 12.1 Å². The number of carbonyl (C=O) groups excluding carboxylic acids is 1. The van der Waals surface area contributed by atoms with Crippen molar-refractivity contribution in [2.45, 2.75) is 32.6 Å². The van der Waals surface area contributed by atoms with Gasteiger partial charge in [-0.1, -0.05) is 12.5 Å². The molecule has 1 aromatic rings. The molecule has 0 aromatic heterocycles. The van der Waals surface area contributed by atoms with Crippen molar-refractivity contribution in [1.82, 2.24) is 5.32 Å². The average molecular weight is 267 g/mol. The summed E-state index contributed by atoms with van der Waals surface area (Å²) in [7, 11) is 0. The Bertz CT molecular complexity index is 460. The first kappa shape index (κ1) is 15.1. The second-order valence-corrected chi connectivity index (χ2v) is 4.37. The van der Waals surface area contributed by atoms with Crippen molar-refractivity contribution < 1.29 is 19.1 Å². The first-order chi connectivity index (χ1) is 9.02. The van der Waals surface area contributed by atoms with E-state index in [0.29, 0.717) is 30.5 Å². The SMILES string of the molecule is Cc1c(F)cccc1C(=O)NCCCCCC(=O)O. The molecule has 1 amide bonds. The molecule has 1 aromatic carbocycles. The molecule has 0 bridgehead atoms. The summed E-state index contributed by atoms with van der Waals surface area (Å²) in [5.41, 5.74) is 0.677. The molecule has 0 spiro atoms. The van der Waals surface area contributed by atoms with Crippen LogP contribution in [-0.4, -0.2) is 23.5 Å². The fourth-order valence-corrected chi connectivity index (χ4v) is 1.73. The molecule has 0 atom stereocenters. The van der Waals surface area contributed by atoms with E-state index in [1.54, 1.807) is 13.0 Å². The van der Waals surface area contributed by atoms with Gasteiger partial charge in [0.2, 0.25) is 0 Å². The Kier molecular flexibility index (Phi) is 5.99. The Balaban J connectivity index is 2.32. The molecular weight excluding hydrogens is 249 g/mol. The minimum absolute atomic E-state index is 0.150. The number of amides is 1. The number of benzene rings is 1. The predicted octanol–water partition coefficient (Wildman–Crippen LogP) is 2.51. The van der Waals surface area contributed by atoms with E-state index in [0.717, 1.165) is 6.42 Å². The highest BCUT2D eigenvalue weighted by molar-refractivity contribution is 5.95. The van der Waals surface area contributed by atoms with E-state index in [2.05, 4.69) is 5.32 Å². The minimum Gasteiger partial charge on any atom is -0.481 e. The Morgan fingerprint density at radius 2 is 2.00 bits per heavy atom. The highest BCUT2D eigenvalue weighted by Crippen LogP contribution is 2.11. The molecule has 19 heavy (non-hydrogen) atoms.